The SMILES string of the molecule is O=C(C=Cc1ccc(Cl)cc1Cl)NCc1ccc2c(c1)OCO2. The Morgan fingerprint density at radius 3 is 2.78 bits per heavy atom. The summed E-state index contributed by atoms with van der Waals surface area (Å²) in [7, 11) is 0. The number of halogens is 2. The van der Waals surface area contributed by atoms with Gasteiger partial charge in [-0.15, -0.1) is 0 Å². The van der Waals surface area contributed by atoms with Crippen LogP contribution >= 0.6 is 23.2 Å². The van der Waals surface area contributed by atoms with E-state index >= 15 is 0 Å². The molecule has 2 aromatic rings. The van der Waals surface area contributed by atoms with Crippen molar-refractivity contribution in [1.82, 2.24) is 5.32 Å². The monoisotopic (exact) mass is 349 g/mol. The zero-order valence-corrected chi connectivity index (χ0v) is 13.5. The lowest BCUT2D eigenvalue weighted by atomic mass is 10.2. The summed E-state index contributed by atoms with van der Waals surface area (Å²) in [6.45, 7) is 0.629. The van der Waals surface area contributed by atoms with Gasteiger partial charge in [0.1, 0.15) is 0 Å². The van der Waals surface area contributed by atoms with Crippen LogP contribution in [0.5, 0.6) is 11.5 Å². The van der Waals surface area contributed by atoms with Crippen molar-refractivity contribution in [2.24, 2.45) is 0 Å². The molecular formula is C17H13Cl2NO3. The number of nitrogens with one attached hydrogen (secondary N) is 1. The topological polar surface area (TPSA) is 47.6 Å². The van der Waals surface area contributed by atoms with Crippen molar-refractivity contribution in [3.05, 3.63) is 63.6 Å². The van der Waals surface area contributed by atoms with E-state index in [1.165, 1.54) is 6.08 Å². The van der Waals surface area contributed by atoms with E-state index in [1.54, 1.807) is 24.3 Å². The Balaban J connectivity index is 1.58. The normalized spacial score (nSPS) is 12.6. The average Bonchev–Trinajstić information content (AvgIpc) is 2.99. The van der Waals surface area contributed by atoms with Crippen molar-refractivity contribution in [3.63, 3.8) is 0 Å². The van der Waals surface area contributed by atoms with Gasteiger partial charge in [0.25, 0.3) is 0 Å². The van der Waals surface area contributed by atoms with Crippen LogP contribution in [0.4, 0.5) is 0 Å². The molecule has 1 N–H and O–H groups in total. The highest BCUT2D eigenvalue weighted by Crippen LogP contribution is 2.32. The maximum atomic E-state index is 11.9. The van der Waals surface area contributed by atoms with Crippen molar-refractivity contribution < 1.29 is 14.3 Å². The van der Waals surface area contributed by atoms with Gasteiger partial charge in [-0.2, -0.15) is 0 Å². The van der Waals surface area contributed by atoms with E-state index in [0.29, 0.717) is 22.3 Å². The van der Waals surface area contributed by atoms with E-state index in [0.717, 1.165) is 16.9 Å². The summed E-state index contributed by atoms with van der Waals surface area (Å²) >= 11 is 11.9. The molecule has 4 nitrogen and oxygen atoms in total. The molecule has 0 aliphatic carbocycles. The van der Waals surface area contributed by atoms with Crippen molar-refractivity contribution in [2.45, 2.75) is 6.54 Å². The van der Waals surface area contributed by atoms with Crippen LogP contribution in [-0.4, -0.2) is 12.7 Å². The number of rotatable bonds is 4. The molecule has 0 unspecified atom stereocenters. The van der Waals surface area contributed by atoms with Crippen LogP contribution in [-0.2, 0) is 11.3 Å². The van der Waals surface area contributed by atoms with Gasteiger partial charge in [0.15, 0.2) is 11.5 Å². The minimum absolute atomic E-state index is 0.214. The Morgan fingerprint density at radius 2 is 1.96 bits per heavy atom. The fraction of sp³-hybridized carbons (Fsp3) is 0.118. The minimum atomic E-state index is -0.214. The average molecular weight is 350 g/mol. The Bertz CT molecular complexity index is 774. The zero-order valence-electron chi connectivity index (χ0n) is 12.0. The minimum Gasteiger partial charge on any atom is -0.454 e. The van der Waals surface area contributed by atoms with Crippen molar-refractivity contribution in [1.29, 1.82) is 0 Å². The van der Waals surface area contributed by atoms with Gasteiger partial charge in [-0.25, -0.2) is 0 Å². The molecule has 3 rings (SSSR count). The summed E-state index contributed by atoms with van der Waals surface area (Å²) in [6, 6.07) is 10.7. The standard InChI is InChI=1S/C17H13Cl2NO3/c18-13-4-2-12(14(19)8-13)3-6-17(21)20-9-11-1-5-15-16(7-11)23-10-22-15/h1-8H,9-10H2,(H,20,21). The van der Waals surface area contributed by atoms with Gasteiger partial charge < -0.3 is 14.8 Å². The highest BCUT2D eigenvalue weighted by atomic mass is 35.5. The summed E-state index contributed by atoms with van der Waals surface area (Å²) in [5.41, 5.74) is 1.66. The number of benzene rings is 2. The van der Waals surface area contributed by atoms with E-state index in [4.69, 9.17) is 32.7 Å². The molecular weight excluding hydrogens is 337 g/mol. The summed E-state index contributed by atoms with van der Waals surface area (Å²) in [6.07, 6.45) is 3.08. The van der Waals surface area contributed by atoms with Gasteiger partial charge in [0, 0.05) is 22.7 Å². The van der Waals surface area contributed by atoms with Gasteiger partial charge in [0.2, 0.25) is 12.7 Å². The van der Waals surface area contributed by atoms with Gasteiger partial charge in [-0.05, 0) is 41.5 Å². The Labute approximate surface area is 143 Å². The van der Waals surface area contributed by atoms with Crippen LogP contribution in [0.15, 0.2) is 42.5 Å². The van der Waals surface area contributed by atoms with Crippen LogP contribution in [0.1, 0.15) is 11.1 Å². The number of ether oxygens (including phenoxy) is 2. The van der Waals surface area contributed by atoms with E-state index in [2.05, 4.69) is 5.32 Å². The number of hydrogen-bond donors (Lipinski definition) is 1. The van der Waals surface area contributed by atoms with Gasteiger partial charge >= 0.3 is 0 Å². The largest absolute Gasteiger partial charge is 0.454 e. The Hall–Kier alpha value is -2.17. The number of amides is 1. The first-order valence-corrected chi connectivity index (χ1v) is 7.67. The molecule has 0 saturated carbocycles. The fourth-order valence-corrected chi connectivity index (χ4v) is 2.57. The summed E-state index contributed by atoms with van der Waals surface area (Å²) in [5.74, 6) is 1.20. The third kappa shape index (κ3) is 3.97. The molecule has 1 amide bonds. The zero-order chi connectivity index (χ0) is 16.2. The molecule has 118 valence electrons. The molecule has 1 aliphatic rings. The van der Waals surface area contributed by atoms with Crippen molar-refractivity contribution >= 4 is 35.2 Å². The van der Waals surface area contributed by atoms with Gasteiger partial charge in [-0.1, -0.05) is 35.3 Å². The fourth-order valence-electron chi connectivity index (χ4n) is 2.10. The summed E-state index contributed by atoms with van der Waals surface area (Å²) < 4.78 is 10.5. The third-order valence-electron chi connectivity index (χ3n) is 3.28. The highest BCUT2D eigenvalue weighted by molar-refractivity contribution is 6.35. The molecule has 0 radical (unpaired) electrons. The molecule has 0 aromatic heterocycles. The van der Waals surface area contributed by atoms with Crippen molar-refractivity contribution in [3.8, 4) is 11.5 Å². The first kappa shape index (κ1) is 15.7. The summed E-state index contributed by atoms with van der Waals surface area (Å²) in [5, 5.41) is 3.85. The second kappa shape index (κ2) is 6.94. The summed E-state index contributed by atoms with van der Waals surface area (Å²) in [4.78, 5) is 11.9. The maximum absolute atomic E-state index is 11.9. The molecule has 0 spiro atoms. The predicted molar refractivity (Wildman–Crippen MR) is 89.9 cm³/mol. The smallest absolute Gasteiger partial charge is 0.244 e. The van der Waals surface area contributed by atoms with Crippen LogP contribution in [0.25, 0.3) is 6.08 Å². The Kier molecular flexibility index (Phi) is 4.74. The first-order valence-electron chi connectivity index (χ1n) is 6.91. The molecule has 1 aliphatic heterocycles. The molecule has 0 fully saturated rings. The van der Waals surface area contributed by atoms with Crippen LogP contribution in [0.3, 0.4) is 0 Å². The molecule has 6 heteroatoms. The molecule has 2 aromatic carbocycles. The van der Waals surface area contributed by atoms with Crippen LogP contribution < -0.4 is 14.8 Å². The van der Waals surface area contributed by atoms with Crippen molar-refractivity contribution in [2.75, 3.05) is 6.79 Å². The van der Waals surface area contributed by atoms with Gasteiger partial charge in [-0.3, -0.25) is 4.79 Å². The lowest BCUT2D eigenvalue weighted by Crippen LogP contribution is -2.20. The molecule has 0 atom stereocenters. The second-order valence-corrected chi connectivity index (χ2v) is 5.75. The Morgan fingerprint density at radius 1 is 1.13 bits per heavy atom. The highest BCUT2D eigenvalue weighted by Gasteiger charge is 2.13. The molecule has 1 heterocycles. The first-order chi connectivity index (χ1) is 11.1. The van der Waals surface area contributed by atoms with Gasteiger partial charge in [0.05, 0.1) is 0 Å². The van der Waals surface area contributed by atoms with E-state index < -0.39 is 0 Å². The molecule has 0 bridgehead atoms. The van der Waals surface area contributed by atoms with Crippen LogP contribution in [0.2, 0.25) is 10.0 Å². The van der Waals surface area contributed by atoms with E-state index in [-0.39, 0.29) is 12.7 Å². The lowest BCUT2D eigenvalue weighted by Gasteiger charge is -2.04. The lowest BCUT2D eigenvalue weighted by molar-refractivity contribution is -0.116. The number of carbonyl (C=O) groups excluding carboxylic acids is 1. The molecule has 0 saturated heterocycles. The third-order valence-corrected chi connectivity index (χ3v) is 3.84. The molecule has 23 heavy (non-hydrogen) atoms. The second-order valence-electron chi connectivity index (χ2n) is 4.90. The number of fused-ring (bicyclic) bond motifs is 1. The quantitative estimate of drug-likeness (QED) is 0.847. The van der Waals surface area contributed by atoms with E-state index in [1.807, 2.05) is 18.2 Å². The van der Waals surface area contributed by atoms with E-state index in [9.17, 15) is 4.79 Å². The maximum Gasteiger partial charge on any atom is 0.244 e. The number of hydrogen-bond acceptors (Lipinski definition) is 3. The number of carbonyl (C=O) groups is 1. The van der Waals surface area contributed by atoms with Crippen LogP contribution in [0, 0.1) is 0 Å². The predicted octanol–water partition coefficient (Wildman–Crippen LogP) is 4.05.